The average Bonchev–Trinajstić information content (AvgIpc) is 3.01. The van der Waals surface area contributed by atoms with Crippen molar-refractivity contribution >= 4 is 15.7 Å². The van der Waals surface area contributed by atoms with Crippen molar-refractivity contribution in [3.63, 3.8) is 0 Å². The van der Waals surface area contributed by atoms with Gasteiger partial charge in [-0.15, -0.1) is 0 Å². The standard InChI is InChI=1S/C19H28N2O4S/c1-20(17-9-12-26(23,24)15-17)13-19(22)21-10-7-18(8-11-21)25-14-16-5-3-2-4-6-16/h2-6,17-18H,7-15H2,1H3/t17-/m1/s1. The fourth-order valence-electron chi connectivity index (χ4n) is 3.63. The number of hydrogen-bond donors (Lipinski definition) is 0. The first-order valence-corrected chi connectivity index (χ1v) is 11.1. The smallest absolute Gasteiger partial charge is 0.236 e. The van der Waals surface area contributed by atoms with Gasteiger partial charge in [0.1, 0.15) is 0 Å². The summed E-state index contributed by atoms with van der Waals surface area (Å²) in [6.07, 6.45) is 2.51. The van der Waals surface area contributed by atoms with Crippen LogP contribution in [0.3, 0.4) is 0 Å². The molecule has 2 saturated heterocycles. The molecule has 7 heteroatoms. The highest BCUT2D eigenvalue weighted by Gasteiger charge is 2.32. The van der Waals surface area contributed by atoms with Crippen molar-refractivity contribution in [2.75, 3.05) is 38.2 Å². The third kappa shape index (κ3) is 5.28. The molecule has 6 nitrogen and oxygen atoms in total. The Kier molecular flexibility index (Phi) is 6.32. The van der Waals surface area contributed by atoms with Gasteiger partial charge in [-0.1, -0.05) is 30.3 Å². The highest BCUT2D eigenvalue weighted by atomic mass is 32.2. The minimum absolute atomic E-state index is 0.0318. The van der Waals surface area contributed by atoms with E-state index in [1.807, 2.05) is 35.0 Å². The molecule has 2 heterocycles. The highest BCUT2D eigenvalue weighted by Crippen LogP contribution is 2.18. The molecular weight excluding hydrogens is 352 g/mol. The molecule has 0 aromatic heterocycles. The fourth-order valence-corrected chi connectivity index (χ4v) is 5.43. The second-order valence-corrected chi connectivity index (χ2v) is 9.58. The molecule has 0 aliphatic carbocycles. The zero-order valence-corrected chi connectivity index (χ0v) is 16.2. The Morgan fingerprint density at radius 2 is 1.88 bits per heavy atom. The van der Waals surface area contributed by atoms with Crippen LogP contribution in [0, 0.1) is 0 Å². The summed E-state index contributed by atoms with van der Waals surface area (Å²) in [6, 6.07) is 10.1. The number of carbonyl (C=O) groups excluding carboxylic acids is 1. The summed E-state index contributed by atoms with van der Waals surface area (Å²) in [5.41, 5.74) is 1.17. The normalized spacial score (nSPS) is 23.5. The molecule has 3 rings (SSSR count). The van der Waals surface area contributed by atoms with E-state index >= 15 is 0 Å². The SMILES string of the molecule is CN(CC(=O)N1CCC(OCc2ccccc2)CC1)[C@@H]1CCS(=O)(=O)C1. The largest absolute Gasteiger partial charge is 0.373 e. The molecular formula is C19H28N2O4S. The zero-order valence-electron chi connectivity index (χ0n) is 15.3. The second kappa shape index (κ2) is 8.50. The summed E-state index contributed by atoms with van der Waals surface area (Å²) < 4.78 is 29.2. The summed E-state index contributed by atoms with van der Waals surface area (Å²) in [6.45, 7) is 2.30. The van der Waals surface area contributed by atoms with Gasteiger partial charge in [0.2, 0.25) is 5.91 Å². The summed E-state index contributed by atoms with van der Waals surface area (Å²) >= 11 is 0. The predicted molar refractivity (Wildman–Crippen MR) is 101 cm³/mol. The topological polar surface area (TPSA) is 66.9 Å². The van der Waals surface area contributed by atoms with Crippen molar-refractivity contribution in [3.05, 3.63) is 35.9 Å². The van der Waals surface area contributed by atoms with Gasteiger partial charge >= 0.3 is 0 Å². The quantitative estimate of drug-likeness (QED) is 0.745. The number of likely N-dealkylation sites (N-methyl/N-ethyl adjacent to an activating group) is 1. The average molecular weight is 381 g/mol. The zero-order chi connectivity index (χ0) is 18.6. The van der Waals surface area contributed by atoms with Crippen molar-refractivity contribution < 1.29 is 17.9 Å². The van der Waals surface area contributed by atoms with E-state index in [0.29, 0.717) is 26.1 Å². The van der Waals surface area contributed by atoms with Crippen LogP contribution in [0.5, 0.6) is 0 Å². The van der Waals surface area contributed by atoms with Gasteiger partial charge in [-0.25, -0.2) is 8.42 Å². The van der Waals surface area contributed by atoms with Gasteiger partial charge < -0.3 is 9.64 Å². The maximum Gasteiger partial charge on any atom is 0.236 e. The maximum atomic E-state index is 12.5. The minimum atomic E-state index is -2.92. The van der Waals surface area contributed by atoms with Crippen LogP contribution in [-0.2, 0) is 26.0 Å². The minimum Gasteiger partial charge on any atom is -0.373 e. The molecule has 1 amide bonds. The molecule has 2 fully saturated rings. The third-order valence-electron chi connectivity index (χ3n) is 5.34. The van der Waals surface area contributed by atoms with Crippen molar-refractivity contribution in [1.29, 1.82) is 0 Å². The van der Waals surface area contributed by atoms with Crippen molar-refractivity contribution in [1.82, 2.24) is 9.80 Å². The number of benzene rings is 1. The molecule has 26 heavy (non-hydrogen) atoms. The Bertz CT molecular complexity index is 700. The molecule has 0 unspecified atom stereocenters. The van der Waals surface area contributed by atoms with Gasteiger partial charge in [0.25, 0.3) is 0 Å². The molecule has 0 radical (unpaired) electrons. The molecule has 1 atom stereocenters. The maximum absolute atomic E-state index is 12.5. The Morgan fingerprint density at radius 3 is 2.50 bits per heavy atom. The lowest BCUT2D eigenvalue weighted by Gasteiger charge is -2.33. The van der Waals surface area contributed by atoms with Crippen molar-refractivity contribution in [2.24, 2.45) is 0 Å². The molecule has 0 bridgehead atoms. The first kappa shape index (κ1) is 19.3. The van der Waals surface area contributed by atoms with E-state index in [2.05, 4.69) is 12.1 Å². The number of piperidine rings is 1. The van der Waals surface area contributed by atoms with Gasteiger partial charge in [-0.3, -0.25) is 9.69 Å². The molecule has 144 valence electrons. The second-order valence-electron chi connectivity index (χ2n) is 7.35. The van der Waals surface area contributed by atoms with Gasteiger partial charge in [-0.05, 0) is 31.9 Å². The number of carbonyl (C=O) groups is 1. The van der Waals surface area contributed by atoms with Crippen LogP contribution < -0.4 is 0 Å². The molecule has 2 aliphatic rings. The molecule has 0 saturated carbocycles. The van der Waals surface area contributed by atoms with E-state index < -0.39 is 9.84 Å². The van der Waals surface area contributed by atoms with Crippen molar-refractivity contribution in [2.45, 2.75) is 38.0 Å². The lowest BCUT2D eigenvalue weighted by Crippen LogP contribution is -2.47. The van der Waals surface area contributed by atoms with E-state index in [4.69, 9.17) is 4.74 Å². The van der Waals surface area contributed by atoms with Crippen LogP contribution in [0.2, 0.25) is 0 Å². The van der Waals surface area contributed by atoms with Gasteiger partial charge in [-0.2, -0.15) is 0 Å². The van der Waals surface area contributed by atoms with Gasteiger partial charge in [0.15, 0.2) is 9.84 Å². The van der Waals surface area contributed by atoms with Crippen LogP contribution in [0.4, 0.5) is 0 Å². The van der Waals surface area contributed by atoms with E-state index in [1.54, 1.807) is 0 Å². The predicted octanol–water partition coefficient (Wildman–Crippen LogP) is 1.31. The first-order valence-electron chi connectivity index (χ1n) is 9.27. The van der Waals surface area contributed by atoms with Crippen LogP contribution in [0.25, 0.3) is 0 Å². The Balaban J connectivity index is 1.39. The van der Waals surface area contributed by atoms with Crippen molar-refractivity contribution in [3.8, 4) is 0 Å². The van der Waals surface area contributed by atoms with E-state index in [0.717, 1.165) is 12.8 Å². The van der Waals surface area contributed by atoms with E-state index in [1.165, 1.54) is 5.56 Å². The molecule has 1 aromatic carbocycles. The molecule has 0 N–H and O–H groups in total. The number of nitrogens with zero attached hydrogens (tertiary/aromatic N) is 2. The Morgan fingerprint density at radius 1 is 1.19 bits per heavy atom. The molecule has 1 aromatic rings. The fraction of sp³-hybridized carbons (Fsp3) is 0.632. The molecule has 0 spiro atoms. The van der Waals surface area contributed by atoms with Crippen LogP contribution in [0.15, 0.2) is 30.3 Å². The number of rotatable bonds is 6. The van der Waals surface area contributed by atoms with E-state index in [9.17, 15) is 13.2 Å². The van der Waals surface area contributed by atoms with Crippen LogP contribution in [0.1, 0.15) is 24.8 Å². The summed E-state index contributed by atoms with van der Waals surface area (Å²) in [7, 11) is -1.07. The summed E-state index contributed by atoms with van der Waals surface area (Å²) in [5.74, 6) is 0.491. The first-order chi connectivity index (χ1) is 12.4. The van der Waals surface area contributed by atoms with Gasteiger partial charge in [0, 0.05) is 19.1 Å². The number of ether oxygens (including phenoxy) is 1. The lowest BCUT2D eigenvalue weighted by atomic mass is 10.1. The molecule has 2 aliphatic heterocycles. The summed E-state index contributed by atoms with van der Waals surface area (Å²) in [4.78, 5) is 16.3. The van der Waals surface area contributed by atoms with E-state index in [-0.39, 0.29) is 36.1 Å². The number of amides is 1. The number of likely N-dealkylation sites (tertiary alicyclic amines) is 1. The Labute approximate surface area is 156 Å². The summed E-state index contributed by atoms with van der Waals surface area (Å²) in [5, 5.41) is 0. The lowest BCUT2D eigenvalue weighted by molar-refractivity contribution is -0.135. The number of sulfone groups is 1. The Hall–Kier alpha value is -1.44. The third-order valence-corrected chi connectivity index (χ3v) is 7.09. The van der Waals surface area contributed by atoms with Crippen LogP contribution in [-0.4, -0.2) is 74.5 Å². The highest BCUT2D eigenvalue weighted by molar-refractivity contribution is 7.91. The monoisotopic (exact) mass is 380 g/mol. The van der Waals surface area contributed by atoms with Gasteiger partial charge in [0.05, 0.1) is 30.8 Å². The van der Waals surface area contributed by atoms with Crippen LogP contribution >= 0.6 is 0 Å². The number of hydrogen-bond acceptors (Lipinski definition) is 5.